The van der Waals surface area contributed by atoms with Gasteiger partial charge in [-0.3, -0.25) is 10.1 Å². The van der Waals surface area contributed by atoms with Crippen molar-refractivity contribution in [1.82, 2.24) is 0 Å². The van der Waals surface area contributed by atoms with Gasteiger partial charge >= 0.3 is 5.03 Å². The summed E-state index contributed by atoms with van der Waals surface area (Å²) in [7, 11) is -3.84. The number of nitro groups is 1. The number of aromatic nitrogens is 1. The van der Waals surface area contributed by atoms with Crippen LogP contribution in [-0.4, -0.2) is 18.6 Å². The summed E-state index contributed by atoms with van der Waals surface area (Å²) in [4.78, 5) is 10.2. The van der Waals surface area contributed by atoms with Gasteiger partial charge in [-0.05, 0) is 18.6 Å². The van der Waals surface area contributed by atoms with Crippen molar-refractivity contribution in [3.8, 4) is 0 Å². The molecule has 0 amide bonds. The summed E-state index contributed by atoms with van der Waals surface area (Å²) in [6.07, 6.45) is 3.98. The van der Waals surface area contributed by atoms with E-state index in [1.54, 1.807) is 6.07 Å². The van der Waals surface area contributed by atoms with Gasteiger partial charge in [0.15, 0.2) is 6.20 Å². The van der Waals surface area contributed by atoms with Crippen LogP contribution in [0.4, 0.5) is 5.69 Å². The minimum atomic E-state index is -3.84. The Kier molecular flexibility index (Phi) is 4.75. The summed E-state index contributed by atoms with van der Waals surface area (Å²) < 4.78 is 25.0. The largest absolute Gasteiger partial charge is 0.618 e. The molecule has 0 N–H and O–H groups in total. The van der Waals surface area contributed by atoms with Crippen LogP contribution >= 0.6 is 0 Å². The molecule has 0 bridgehead atoms. The summed E-state index contributed by atoms with van der Waals surface area (Å²) in [6.45, 7) is 1.44. The van der Waals surface area contributed by atoms with Crippen LogP contribution in [0.3, 0.4) is 0 Å². The number of sulfone groups is 1. The lowest BCUT2D eigenvalue weighted by Gasteiger charge is -2.08. The van der Waals surface area contributed by atoms with E-state index in [9.17, 15) is 23.7 Å². The molecule has 120 valence electrons. The number of hydrogen-bond acceptors (Lipinski definition) is 5. The summed E-state index contributed by atoms with van der Waals surface area (Å²) in [5, 5.41) is 21.0. The highest BCUT2D eigenvalue weighted by Gasteiger charge is 2.28. The van der Waals surface area contributed by atoms with E-state index in [4.69, 9.17) is 0 Å². The van der Waals surface area contributed by atoms with Gasteiger partial charge in [-0.15, -0.1) is 0 Å². The first-order chi connectivity index (χ1) is 10.8. The highest BCUT2D eigenvalue weighted by molar-refractivity contribution is 7.92. The maximum absolute atomic E-state index is 12.4. The molecule has 0 saturated heterocycles. The van der Waals surface area contributed by atoms with E-state index < -0.39 is 20.0 Å². The molecule has 0 spiro atoms. The second-order valence-electron chi connectivity index (χ2n) is 4.83. The molecule has 2 aromatic rings. The SMILES string of the molecule is CC(/C=C/c1cccc([N+](=O)[O-])c1)S(=O)(=O)c1cccc[n+]1[O-]. The third kappa shape index (κ3) is 3.72. The molecule has 0 aliphatic heterocycles. The average Bonchev–Trinajstić information content (AvgIpc) is 2.53. The number of non-ortho nitro benzene ring substituents is 1. The molecule has 7 nitrogen and oxygen atoms in total. The second-order valence-corrected chi connectivity index (χ2v) is 7.08. The van der Waals surface area contributed by atoms with Crippen LogP contribution in [0.25, 0.3) is 6.08 Å². The van der Waals surface area contributed by atoms with Crippen LogP contribution in [0, 0.1) is 15.3 Å². The fourth-order valence-corrected chi connectivity index (χ4v) is 3.16. The van der Waals surface area contributed by atoms with Crippen LogP contribution < -0.4 is 4.73 Å². The van der Waals surface area contributed by atoms with Crippen molar-refractivity contribution in [1.29, 1.82) is 0 Å². The lowest BCUT2D eigenvalue weighted by Crippen LogP contribution is -2.35. The normalized spacial score (nSPS) is 13.1. The van der Waals surface area contributed by atoms with Crippen LogP contribution in [0.2, 0.25) is 0 Å². The Bertz CT molecular complexity index is 862. The number of nitrogens with zero attached hydrogens (tertiary/aromatic N) is 2. The zero-order valence-electron chi connectivity index (χ0n) is 12.2. The first-order valence-electron chi connectivity index (χ1n) is 6.67. The molecule has 0 aliphatic carbocycles. The van der Waals surface area contributed by atoms with E-state index in [2.05, 4.69) is 0 Å². The molecule has 1 unspecified atom stereocenters. The number of nitro benzene ring substituents is 1. The van der Waals surface area contributed by atoms with E-state index in [-0.39, 0.29) is 10.7 Å². The van der Waals surface area contributed by atoms with Gasteiger partial charge in [-0.1, -0.05) is 24.3 Å². The summed E-state index contributed by atoms with van der Waals surface area (Å²) in [6, 6.07) is 9.97. The van der Waals surface area contributed by atoms with Gasteiger partial charge in [0, 0.05) is 24.3 Å². The Balaban J connectivity index is 2.28. The van der Waals surface area contributed by atoms with E-state index >= 15 is 0 Å². The lowest BCUT2D eigenvalue weighted by atomic mass is 10.2. The minimum absolute atomic E-state index is 0.0804. The monoisotopic (exact) mass is 334 g/mol. The minimum Gasteiger partial charge on any atom is -0.618 e. The Morgan fingerprint density at radius 2 is 1.96 bits per heavy atom. The van der Waals surface area contributed by atoms with Gasteiger partial charge < -0.3 is 5.21 Å². The van der Waals surface area contributed by atoms with Gasteiger partial charge in [0.05, 0.1) is 10.2 Å². The van der Waals surface area contributed by atoms with Crippen molar-refractivity contribution < 1.29 is 18.1 Å². The topological polar surface area (TPSA) is 104 Å². The molecule has 8 heteroatoms. The number of pyridine rings is 1. The van der Waals surface area contributed by atoms with Crippen molar-refractivity contribution >= 4 is 21.6 Å². The zero-order valence-corrected chi connectivity index (χ0v) is 13.0. The van der Waals surface area contributed by atoms with E-state index in [0.717, 1.165) is 6.20 Å². The highest BCUT2D eigenvalue weighted by atomic mass is 32.2. The van der Waals surface area contributed by atoms with E-state index in [1.165, 1.54) is 55.5 Å². The van der Waals surface area contributed by atoms with E-state index in [0.29, 0.717) is 10.3 Å². The maximum Gasteiger partial charge on any atom is 0.309 e. The van der Waals surface area contributed by atoms with Crippen LogP contribution in [-0.2, 0) is 9.84 Å². The van der Waals surface area contributed by atoms with Crippen molar-refractivity contribution in [2.24, 2.45) is 0 Å². The predicted octanol–water partition coefficient (Wildman–Crippen LogP) is 2.10. The molecule has 2 rings (SSSR count). The molecular formula is C15H14N2O5S. The fraction of sp³-hybridized carbons (Fsp3) is 0.133. The molecule has 23 heavy (non-hydrogen) atoms. The third-order valence-electron chi connectivity index (χ3n) is 3.21. The third-order valence-corrected chi connectivity index (χ3v) is 5.25. The molecule has 1 aromatic carbocycles. The Labute approximate surface area is 133 Å². The molecule has 0 aliphatic rings. The fourth-order valence-electron chi connectivity index (χ4n) is 1.92. The number of rotatable bonds is 5. The highest BCUT2D eigenvalue weighted by Crippen LogP contribution is 2.17. The van der Waals surface area contributed by atoms with Crippen LogP contribution in [0.1, 0.15) is 12.5 Å². The quantitative estimate of drug-likeness (QED) is 0.360. The van der Waals surface area contributed by atoms with Gasteiger partial charge in [0.2, 0.25) is 9.84 Å². The van der Waals surface area contributed by atoms with Crippen molar-refractivity contribution in [2.45, 2.75) is 17.2 Å². The molecule has 1 aromatic heterocycles. The van der Waals surface area contributed by atoms with Gasteiger partial charge in [-0.2, -0.15) is 4.73 Å². The van der Waals surface area contributed by atoms with Crippen molar-refractivity contribution in [3.63, 3.8) is 0 Å². The zero-order chi connectivity index (χ0) is 17.0. The van der Waals surface area contributed by atoms with Gasteiger partial charge in [-0.25, -0.2) is 8.42 Å². The van der Waals surface area contributed by atoms with Gasteiger partial charge in [0.25, 0.3) is 5.69 Å². The number of hydrogen-bond donors (Lipinski definition) is 0. The van der Waals surface area contributed by atoms with Crippen LogP contribution in [0.5, 0.6) is 0 Å². The lowest BCUT2D eigenvalue weighted by molar-refractivity contribution is -0.646. The Morgan fingerprint density at radius 1 is 1.22 bits per heavy atom. The van der Waals surface area contributed by atoms with Gasteiger partial charge in [0.1, 0.15) is 0 Å². The van der Waals surface area contributed by atoms with E-state index in [1.807, 2.05) is 0 Å². The standard InChI is InChI=1S/C15H14N2O5S/c1-12(23(21,22)15-7-2-3-10-16(15)18)8-9-13-5-4-6-14(11-13)17(19)20/h2-12H,1H3/b9-8+. The first kappa shape index (κ1) is 16.6. The average molecular weight is 334 g/mol. The summed E-state index contributed by atoms with van der Waals surface area (Å²) in [5.74, 6) is 0. The van der Waals surface area contributed by atoms with Crippen molar-refractivity contribution in [2.75, 3.05) is 0 Å². The molecule has 1 atom stereocenters. The predicted molar refractivity (Wildman–Crippen MR) is 84.2 cm³/mol. The molecule has 0 saturated carbocycles. The molecule has 0 radical (unpaired) electrons. The molecular weight excluding hydrogens is 320 g/mol. The smallest absolute Gasteiger partial charge is 0.309 e. The molecule has 1 heterocycles. The van der Waals surface area contributed by atoms with Crippen molar-refractivity contribution in [3.05, 3.63) is 75.6 Å². The first-order valence-corrected chi connectivity index (χ1v) is 8.22. The Morgan fingerprint density at radius 3 is 2.61 bits per heavy atom. The Hall–Kier alpha value is -2.74. The summed E-state index contributed by atoms with van der Waals surface area (Å²) >= 11 is 0. The number of benzene rings is 1. The second kappa shape index (κ2) is 6.57. The maximum atomic E-state index is 12.4. The summed E-state index contributed by atoms with van der Waals surface area (Å²) in [5.41, 5.74) is 0.424. The molecule has 0 fully saturated rings. The van der Waals surface area contributed by atoms with Crippen LogP contribution in [0.15, 0.2) is 59.8 Å².